The Kier molecular flexibility index (Phi) is 5.12. The average molecular weight is 469 g/mol. The molecule has 6 nitrogen and oxygen atoms in total. The molecule has 36 heavy (non-hydrogen) atoms. The van der Waals surface area contributed by atoms with E-state index in [0.717, 1.165) is 56.3 Å². The lowest BCUT2D eigenvalue weighted by molar-refractivity contribution is 0.687. The van der Waals surface area contributed by atoms with E-state index in [0.29, 0.717) is 0 Å². The predicted octanol–water partition coefficient (Wildman–Crippen LogP) is 6.49. The van der Waals surface area contributed by atoms with E-state index in [1.807, 2.05) is 79.5 Å². The zero-order chi connectivity index (χ0) is 24.7. The number of nitrogens with one attached hydrogen (secondary N) is 1. The lowest BCUT2D eigenvalue weighted by Gasteiger charge is -2.15. The largest absolute Gasteiger partial charge is 0.276 e. The Morgan fingerprint density at radius 2 is 1.69 bits per heavy atom. The number of aromatic nitrogens is 5. The summed E-state index contributed by atoms with van der Waals surface area (Å²) in [5.74, 6) is 0. The second kappa shape index (κ2) is 8.47. The van der Waals surface area contributed by atoms with E-state index < -0.39 is 5.41 Å². The number of aromatic amines is 1. The minimum absolute atomic E-state index is 0.539. The van der Waals surface area contributed by atoms with Crippen LogP contribution < -0.4 is 0 Å². The van der Waals surface area contributed by atoms with Gasteiger partial charge in [0, 0.05) is 28.1 Å². The van der Waals surface area contributed by atoms with Crippen LogP contribution >= 0.6 is 0 Å². The average Bonchev–Trinajstić information content (AvgIpc) is 3.57. The SMILES string of the molecule is CC(C)(C#N)c1ccc(-c2n[nH]c3cnc4ccc(-c5cnn(Cc6ccccc6)c5)cc4c23)cc1. The summed E-state index contributed by atoms with van der Waals surface area (Å²) in [6.45, 7) is 4.58. The van der Waals surface area contributed by atoms with Crippen molar-refractivity contribution in [3.8, 4) is 28.5 Å². The molecule has 3 aromatic carbocycles. The molecule has 0 atom stereocenters. The smallest absolute Gasteiger partial charge is 0.101 e. The first kappa shape index (κ1) is 21.8. The highest BCUT2D eigenvalue weighted by Crippen LogP contribution is 2.35. The van der Waals surface area contributed by atoms with Crippen LogP contribution in [0, 0.1) is 11.3 Å². The summed E-state index contributed by atoms with van der Waals surface area (Å²) in [5, 5.41) is 23.9. The highest BCUT2D eigenvalue weighted by molar-refractivity contribution is 6.11. The van der Waals surface area contributed by atoms with Gasteiger partial charge in [-0.05, 0) is 42.7 Å². The van der Waals surface area contributed by atoms with E-state index in [4.69, 9.17) is 0 Å². The molecule has 0 spiro atoms. The summed E-state index contributed by atoms with van der Waals surface area (Å²) >= 11 is 0. The summed E-state index contributed by atoms with van der Waals surface area (Å²) in [5.41, 5.74) is 7.44. The molecule has 0 radical (unpaired) electrons. The molecule has 0 aliphatic rings. The van der Waals surface area contributed by atoms with Gasteiger partial charge in [-0.25, -0.2) is 0 Å². The third-order valence-corrected chi connectivity index (χ3v) is 6.71. The summed E-state index contributed by atoms with van der Waals surface area (Å²) < 4.78 is 1.96. The Morgan fingerprint density at radius 3 is 2.47 bits per heavy atom. The van der Waals surface area contributed by atoms with Crippen molar-refractivity contribution in [3.05, 3.63) is 103 Å². The third kappa shape index (κ3) is 3.81. The lowest BCUT2D eigenvalue weighted by atomic mass is 9.86. The van der Waals surface area contributed by atoms with Gasteiger partial charge in [0.05, 0.1) is 41.5 Å². The van der Waals surface area contributed by atoms with Gasteiger partial charge in [-0.15, -0.1) is 0 Å². The van der Waals surface area contributed by atoms with Crippen LogP contribution in [0.4, 0.5) is 0 Å². The summed E-state index contributed by atoms with van der Waals surface area (Å²) in [7, 11) is 0. The summed E-state index contributed by atoms with van der Waals surface area (Å²) in [6, 6.07) is 27.1. The molecule has 174 valence electrons. The number of rotatable bonds is 5. The van der Waals surface area contributed by atoms with Crippen LogP contribution in [-0.4, -0.2) is 25.0 Å². The normalized spacial score (nSPS) is 11.7. The molecule has 6 rings (SSSR count). The van der Waals surface area contributed by atoms with Crippen LogP contribution in [0.5, 0.6) is 0 Å². The Morgan fingerprint density at radius 1 is 0.917 bits per heavy atom. The molecule has 3 heterocycles. The minimum Gasteiger partial charge on any atom is -0.276 e. The number of hydrogen-bond donors (Lipinski definition) is 1. The molecule has 6 aromatic rings. The maximum Gasteiger partial charge on any atom is 0.101 e. The molecular formula is C30H24N6. The molecule has 0 saturated carbocycles. The number of H-pyrrole nitrogens is 1. The maximum absolute atomic E-state index is 9.48. The van der Waals surface area contributed by atoms with E-state index in [2.05, 4.69) is 56.8 Å². The van der Waals surface area contributed by atoms with Crippen LogP contribution in [0.3, 0.4) is 0 Å². The number of nitriles is 1. The fraction of sp³-hybridized carbons (Fsp3) is 0.133. The standard InChI is InChI=1S/C30H24N6/c1-30(2,19-31)24-11-8-21(9-12-24)29-28-25-14-22(10-13-26(25)32-16-27(28)34-35-29)23-15-33-36(18-23)17-20-6-4-3-5-7-20/h3-16,18H,17H2,1-2H3,(H,34,35). The lowest BCUT2D eigenvalue weighted by Crippen LogP contribution is -2.13. The van der Waals surface area contributed by atoms with Crippen LogP contribution in [0.25, 0.3) is 44.2 Å². The summed E-state index contributed by atoms with van der Waals surface area (Å²) in [4.78, 5) is 4.64. The number of benzene rings is 3. The molecule has 0 aliphatic carbocycles. The Bertz CT molecular complexity index is 1730. The molecule has 0 fully saturated rings. The van der Waals surface area contributed by atoms with E-state index in [1.165, 1.54) is 5.56 Å². The molecule has 3 aromatic heterocycles. The van der Waals surface area contributed by atoms with Gasteiger partial charge in [-0.1, -0.05) is 60.7 Å². The number of hydrogen-bond acceptors (Lipinski definition) is 4. The predicted molar refractivity (Wildman–Crippen MR) is 142 cm³/mol. The van der Waals surface area contributed by atoms with Crippen molar-refractivity contribution in [2.24, 2.45) is 0 Å². The monoisotopic (exact) mass is 468 g/mol. The zero-order valence-electron chi connectivity index (χ0n) is 20.1. The van der Waals surface area contributed by atoms with E-state index in [-0.39, 0.29) is 0 Å². The van der Waals surface area contributed by atoms with Crippen LogP contribution in [0.15, 0.2) is 91.4 Å². The van der Waals surface area contributed by atoms with Crippen LogP contribution in [0.1, 0.15) is 25.0 Å². The third-order valence-electron chi connectivity index (χ3n) is 6.71. The molecule has 6 heteroatoms. The Hall–Kier alpha value is -4.76. The topological polar surface area (TPSA) is 83.2 Å². The molecule has 0 aliphatic heterocycles. The Balaban J connectivity index is 1.41. The molecule has 1 N–H and O–H groups in total. The van der Waals surface area contributed by atoms with Crippen molar-refractivity contribution in [3.63, 3.8) is 0 Å². The van der Waals surface area contributed by atoms with Crippen LogP contribution in [0.2, 0.25) is 0 Å². The maximum atomic E-state index is 9.48. The van der Waals surface area contributed by atoms with Gasteiger partial charge in [0.25, 0.3) is 0 Å². The van der Waals surface area contributed by atoms with E-state index in [9.17, 15) is 5.26 Å². The first-order valence-electron chi connectivity index (χ1n) is 11.9. The number of pyridine rings is 1. The van der Waals surface area contributed by atoms with Crippen molar-refractivity contribution < 1.29 is 0 Å². The van der Waals surface area contributed by atoms with Gasteiger partial charge >= 0.3 is 0 Å². The fourth-order valence-electron chi connectivity index (χ4n) is 4.57. The second-order valence-corrected chi connectivity index (χ2v) is 9.58. The molecule has 0 saturated heterocycles. The molecular weight excluding hydrogens is 444 g/mol. The Labute approximate surface area is 208 Å². The van der Waals surface area contributed by atoms with Crippen molar-refractivity contribution >= 4 is 21.8 Å². The van der Waals surface area contributed by atoms with Gasteiger partial charge < -0.3 is 0 Å². The minimum atomic E-state index is -0.539. The van der Waals surface area contributed by atoms with Gasteiger partial charge in [0.15, 0.2) is 0 Å². The number of nitrogens with zero attached hydrogens (tertiary/aromatic N) is 5. The molecule has 0 bridgehead atoms. The second-order valence-electron chi connectivity index (χ2n) is 9.58. The van der Waals surface area contributed by atoms with Gasteiger partial charge in [0.2, 0.25) is 0 Å². The first-order valence-corrected chi connectivity index (χ1v) is 11.9. The summed E-state index contributed by atoms with van der Waals surface area (Å²) in [6.07, 6.45) is 5.82. The van der Waals surface area contributed by atoms with Gasteiger partial charge in [-0.2, -0.15) is 15.5 Å². The zero-order valence-corrected chi connectivity index (χ0v) is 20.1. The fourth-order valence-corrected chi connectivity index (χ4v) is 4.57. The highest BCUT2D eigenvalue weighted by atomic mass is 15.3. The number of fused-ring (bicyclic) bond motifs is 3. The van der Waals surface area contributed by atoms with Crippen molar-refractivity contribution in [2.75, 3.05) is 0 Å². The quantitative estimate of drug-likeness (QED) is 0.313. The molecule has 0 amide bonds. The van der Waals surface area contributed by atoms with E-state index in [1.54, 1.807) is 0 Å². The van der Waals surface area contributed by atoms with Gasteiger partial charge in [0.1, 0.15) is 5.69 Å². The highest BCUT2D eigenvalue weighted by Gasteiger charge is 2.20. The van der Waals surface area contributed by atoms with Gasteiger partial charge in [-0.3, -0.25) is 14.8 Å². The first-order chi connectivity index (χ1) is 17.5. The van der Waals surface area contributed by atoms with E-state index >= 15 is 0 Å². The molecule has 0 unspecified atom stereocenters. The van der Waals surface area contributed by atoms with Crippen molar-refractivity contribution in [1.29, 1.82) is 5.26 Å². The van der Waals surface area contributed by atoms with Crippen molar-refractivity contribution in [1.82, 2.24) is 25.0 Å². The van der Waals surface area contributed by atoms with Crippen LogP contribution in [-0.2, 0) is 12.0 Å². The van der Waals surface area contributed by atoms with Crippen molar-refractivity contribution in [2.45, 2.75) is 25.8 Å².